The van der Waals surface area contributed by atoms with Gasteiger partial charge in [-0.1, -0.05) is 52.8 Å². The number of rotatable bonds is 10. The van der Waals surface area contributed by atoms with Crippen LogP contribution in [0.2, 0.25) is 0 Å². The summed E-state index contributed by atoms with van der Waals surface area (Å²) in [6.07, 6.45) is 2.89. The second-order valence-corrected chi connectivity index (χ2v) is 9.62. The first-order valence-corrected chi connectivity index (χ1v) is 11.4. The largest absolute Gasteiger partial charge is 0.490 e. The summed E-state index contributed by atoms with van der Waals surface area (Å²) in [5, 5.41) is 0. The van der Waals surface area contributed by atoms with E-state index in [1.54, 1.807) is 0 Å². The van der Waals surface area contributed by atoms with Crippen LogP contribution in [0.5, 0.6) is 17.2 Å². The minimum Gasteiger partial charge on any atom is -0.490 e. The predicted molar refractivity (Wildman–Crippen MR) is 128 cm³/mol. The number of benzene rings is 2. The molecule has 3 nitrogen and oxygen atoms in total. The number of hydrogen-bond donors (Lipinski definition) is 1. The van der Waals surface area contributed by atoms with Crippen LogP contribution in [0.3, 0.4) is 0 Å². The first-order valence-electron chi connectivity index (χ1n) is 11.4. The summed E-state index contributed by atoms with van der Waals surface area (Å²) in [7, 11) is 0. The molecular weight excluding hydrogens is 370 g/mol. The fraction of sp³-hybridized carbons (Fsp3) is 0.556. The van der Waals surface area contributed by atoms with Crippen LogP contribution in [0.25, 0.3) is 0 Å². The average Bonchev–Trinajstić information content (AvgIpc) is 2.63. The molecule has 0 fully saturated rings. The van der Waals surface area contributed by atoms with Crippen molar-refractivity contribution in [2.24, 2.45) is 17.6 Å². The summed E-state index contributed by atoms with van der Waals surface area (Å²) >= 11 is 0. The third kappa shape index (κ3) is 6.01. The van der Waals surface area contributed by atoms with E-state index >= 15 is 0 Å². The van der Waals surface area contributed by atoms with Crippen molar-refractivity contribution in [1.29, 1.82) is 0 Å². The molecule has 0 radical (unpaired) electrons. The molecule has 0 bridgehead atoms. The van der Waals surface area contributed by atoms with Crippen molar-refractivity contribution in [2.45, 2.75) is 80.2 Å². The molecule has 0 aromatic heterocycles. The van der Waals surface area contributed by atoms with Crippen LogP contribution < -0.4 is 15.2 Å². The number of ether oxygens (including phenoxy) is 2. The van der Waals surface area contributed by atoms with Gasteiger partial charge >= 0.3 is 0 Å². The van der Waals surface area contributed by atoms with Gasteiger partial charge < -0.3 is 15.2 Å². The zero-order valence-corrected chi connectivity index (χ0v) is 20.3. The van der Waals surface area contributed by atoms with E-state index in [4.69, 9.17) is 15.2 Å². The lowest BCUT2D eigenvalue weighted by atomic mass is 9.89. The Kier molecular flexibility index (Phi) is 8.37. The summed E-state index contributed by atoms with van der Waals surface area (Å²) in [5.74, 6) is 3.68. The fourth-order valence-corrected chi connectivity index (χ4v) is 4.04. The lowest BCUT2D eigenvalue weighted by molar-refractivity contribution is 0.315. The van der Waals surface area contributed by atoms with Crippen molar-refractivity contribution < 1.29 is 9.47 Å². The van der Waals surface area contributed by atoms with E-state index in [0.29, 0.717) is 18.4 Å². The van der Waals surface area contributed by atoms with E-state index < -0.39 is 5.54 Å². The van der Waals surface area contributed by atoms with Gasteiger partial charge in [0.15, 0.2) is 11.5 Å². The topological polar surface area (TPSA) is 44.5 Å². The molecule has 0 aliphatic carbocycles. The fourth-order valence-electron chi connectivity index (χ4n) is 4.04. The Balaban J connectivity index is 2.58. The van der Waals surface area contributed by atoms with E-state index in [1.165, 1.54) is 11.1 Å². The lowest BCUT2D eigenvalue weighted by Crippen LogP contribution is -2.30. The molecular formula is C27H41NO2. The molecule has 2 N–H and O–H groups in total. The van der Waals surface area contributed by atoms with E-state index in [9.17, 15) is 0 Å². The molecule has 0 saturated carbocycles. The molecule has 0 heterocycles. The first kappa shape index (κ1) is 24.3. The zero-order valence-electron chi connectivity index (χ0n) is 20.3. The summed E-state index contributed by atoms with van der Waals surface area (Å²) in [6, 6.07) is 10.5. The normalized spacial score (nSPS) is 12.0. The van der Waals surface area contributed by atoms with Gasteiger partial charge in [0, 0.05) is 11.1 Å². The Hall–Kier alpha value is -2.00. The Bertz CT molecular complexity index is 831. The van der Waals surface area contributed by atoms with Crippen molar-refractivity contribution in [3.8, 4) is 17.2 Å². The van der Waals surface area contributed by atoms with Gasteiger partial charge in [-0.3, -0.25) is 0 Å². The lowest BCUT2D eigenvalue weighted by Gasteiger charge is -2.26. The molecule has 0 aliphatic rings. The van der Waals surface area contributed by atoms with Crippen LogP contribution in [0.4, 0.5) is 0 Å². The monoisotopic (exact) mass is 411 g/mol. The molecule has 30 heavy (non-hydrogen) atoms. The molecule has 0 saturated heterocycles. The molecule has 3 heteroatoms. The minimum atomic E-state index is -0.435. The van der Waals surface area contributed by atoms with Crippen LogP contribution >= 0.6 is 0 Å². The molecule has 2 aromatic rings. The first-order chi connectivity index (χ1) is 14.1. The summed E-state index contributed by atoms with van der Waals surface area (Å²) in [4.78, 5) is 0. The maximum absolute atomic E-state index is 6.56. The third-order valence-electron chi connectivity index (χ3n) is 5.25. The van der Waals surface area contributed by atoms with Gasteiger partial charge in [-0.05, 0) is 80.7 Å². The van der Waals surface area contributed by atoms with Crippen LogP contribution in [0.15, 0.2) is 30.3 Å². The van der Waals surface area contributed by atoms with Crippen LogP contribution in [0, 0.1) is 11.8 Å². The van der Waals surface area contributed by atoms with Gasteiger partial charge in [-0.25, -0.2) is 0 Å². The van der Waals surface area contributed by atoms with Gasteiger partial charge in [-0.2, -0.15) is 0 Å². The molecule has 2 rings (SSSR count). The van der Waals surface area contributed by atoms with E-state index in [-0.39, 0.29) is 0 Å². The molecule has 2 aromatic carbocycles. The van der Waals surface area contributed by atoms with Crippen LogP contribution in [-0.4, -0.2) is 6.61 Å². The van der Waals surface area contributed by atoms with Gasteiger partial charge in [0.05, 0.1) is 6.61 Å². The van der Waals surface area contributed by atoms with Gasteiger partial charge in [0.2, 0.25) is 0 Å². The second-order valence-electron chi connectivity index (χ2n) is 9.62. The zero-order chi connectivity index (χ0) is 22.5. The van der Waals surface area contributed by atoms with Crippen LogP contribution in [-0.2, 0) is 24.8 Å². The van der Waals surface area contributed by atoms with Crippen LogP contribution in [0.1, 0.15) is 77.6 Å². The highest BCUT2D eigenvalue weighted by atomic mass is 16.5. The molecule has 0 atom stereocenters. The average molecular weight is 412 g/mol. The highest BCUT2D eigenvalue weighted by Crippen LogP contribution is 2.41. The quantitative estimate of drug-likeness (QED) is 0.456. The van der Waals surface area contributed by atoms with Crippen molar-refractivity contribution in [3.63, 3.8) is 0 Å². The second kappa shape index (κ2) is 10.3. The Labute approximate surface area is 184 Å². The van der Waals surface area contributed by atoms with E-state index in [1.807, 2.05) is 26.8 Å². The minimum absolute atomic E-state index is 0.435. The highest BCUT2D eigenvalue weighted by molar-refractivity contribution is 5.55. The standard InChI is InChI=1S/C27H41NO2/c1-9-21-23(27(7,8)28)14-15-25(26(21)29-10-2)30-24-13-11-12-20(16-18(3)4)22(24)17-19(5)6/h11-15,18-19H,9-10,16-17,28H2,1-8H3. The molecule has 0 spiro atoms. The van der Waals surface area contributed by atoms with Crippen molar-refractivity contribution >= 4 is 0 Å². The molecule has 0 aliphatic heterocycles. The SMILES string of the molecule is CCOc1c(Oc2cccc(CC(C)C)c2CC(C)C)ccc(C(C)(C)N)c1CC. The number of hydrogen-bond acceptors (Lipinski definition) is 3. The van der Waals surface area contributed by atoms with Gasteiger partial charge in [-0.15, -0.1) is 0 Å². The predicted octanol–water partition coefficient (Wildman–Crippen LogP) is 7.03. The maximum atomic E-state index is 6.56. The highest BCUT2D eigenvalue weighted by Gasteiger charge is 2.24. The van der Waals surface area contributed by atoms with Gasteiger partial charge in [0.1, 0.15) is 5.75 Å². The maximum Gasteiger partial charge on any atom is 0.169 e. The van der Waals surface area contributed by atoms with Gasteiger partial charge in [0.25, 0.3) is 0 Å². The summed E-state index contributed by atoms with van der Waals surface area (Å²) in [6.45, 7) is 17.9. The van der Waals surface area contributed by atoms with Crippen molar-refractivity contribution in [3.05, 3.63) is 52.6 Å². The van der Waals surface area contributed by atoms with E-state index in [2.05, 4.69) is 58.9 Å². The van der Waals surface area contributed by atoms with Crippen molar-refractivity contribution in [2.75, 3.05) is 6.61 Å². The summed E-state index contributed by atoms with van der Waals surface area (Å²) < 4.78 is 12.7. The van der Waals surface area contributed by atoms with Crippen molar-refractivity contribution in [1.82, 2.24) is 0 Å². The smallest absolute Gasteiger partial charge is 0.169 e. The molecule has 166 valence electrons. The Morgan fingerprint density at radius 2 is 1.53 bits per heavy atom. The third-order valence-corrected chi connectivity index (χ3v) is 5.25. The Morgan fingerprint density at radius 3 is 2.07 bits per heavy atom. The summed E-state index contributed by atoms with van der Waals surface area (Å²) in [5.41, 5.74) is 10.9. The molecule has 0 amide bonds. The molecule has 0 unspecified atom stereocenters. The Morgan fingerprint density at radius 1 is 0.867 bits per heavy atom. The number of nitrogens with two attached hydrogens (primary N) is 1. The van der Waals surface area contributed by atoms with E-state index in [0.717, 1.165) is 47.6 Å².